The van der Waals surface area contributed by atoms with Crippen LogP contribution in [0.2, 0.25) is 5.02 Å². The molecule has 0 aliphatic rings. The second kappa shape index (κ2) is 5.93. The highest BCUT2D eigenvalue weighted by Crippen LogP contribution is 2.29. The highest BCUT2D eigenvalue weighted by atomic mass is 79.9. The molecule has 0 aromatic heterocycles. The van der Waals surface area contributed by atoms with Gasteiger partial charge >= 0.3 is 0 Å². The average molecular weight is 441 g/mol. The van der Waals surface area contributed by atoms with E-state index < -0.39 is 10.0 Å². The summed E-state index contributed by atoms with van der Waals surface area (Å²) >= 11 is 12.4. The van der Waals surface area contributed by atoms with Gasteiger partial charge in [-0.05, 0) is 52.3 Å². The van der Waals surface area contributed by atoms with Gasteiger partial charge in [0.1, 0.15) is 4.90 Å². The number of benzene rings is 2. The highest BCUT2D eigenvalue weighted by molar-refractivity contribution is 9.10. The van der Waals surface area contributed by atoms with Crippen molar-refractivity contribution in [3.63, 3.8) is 0 Å². The predicted molar refractivity (Wildman–Crippen MR) is 88.5 cm³/mol. The fourth-order valence-electron chi connectivity index (χ4n) is 1.51. The van der Waals surface area contributed by atoms with E-state index in [2.05, 4.69) is 36.6 Å². The molecular formula is C12H9Br2ClN2O2S. The lowest BCUT2D eigenvalue weighted by Gasteiger charge is -2.11. The first kappa shape index (κ1) is 15.6. The average Bonchev–Trinajstić information content (AvgIpc) is 2.36. The van der Waals surface area contributed by atoms with E-state index in [0.717, 1.165) is 0 Å². The van der Waals surface area contributed by atoms with Gasteiger partial charge in [-0.3, -0.25) is 4.72 Å². The SMILES string of the molecule is Nc1ccc(Br)cc1S(=O)(=O)Nc1ccc(Br)c(Cl)c1. The van der Waals surface area contributed by atoms with Crippen LogP contribution in [0.25, 0.3) is 0 Å². The van der Waals surface area contributed by atoms with Crippen molar-refractivity contribution in [1.29, 1.82) is 0 Å². The lowest BCUT2D eigenvalue weighted by molar-refractivity contribution is 0.601. The second-order valence-corrected chi connectivity index (χ2v) is 7.74. The van der Waals surface area contributed by atoms with Crippen molar-refractivity contribution in [2.24, 2.45) is 0 Å². The number of nitrogens with one attached hydrogen (secondary N) is 1. The fraction of sp³-hybridized carbons (Fsp3) is 0. The van der Waals surface area contributed by atoms with Gasteiger partial charge in [-0.15, -0.1) is 0 Å². The predicted octanol–water partition coefficient (Wildman–Crippen LogP) is 4.25. The first-order valence-corrected chi connectivity index (χ1v) is 8.77. The lowest BCUT2D eigenvalue weighted by atomic mass is 10.3. The summed E-state index contributed by atoms with van der Waals surface area (Å²) in [4.78, 5) is 0.00548. The van der Waals surface area contributed by atoms with Gasteiger partial charge < -0.3 is 5.73 Å². The molecule has 2 aromatic carbocycles. The molecule has 4 nitrogen and oxygen atoms in total. The van der Waals surface area contributed by atoms with Gasteiger partial charge in [0.05, 0.1) is 16.4 Å². The summed E-state index contributed by atoms with van der Waals surface area (Å²) < 4.78 is 28.4. The van der Waals surface area contributed by atoms with Crippen molar-refractivity contribution >= 4 is 64.9 Å². The molecule has 0 aliphatic carbocycles. The Morgan fingerprint density at radius 2 is 1.80 bits per heavy atom. The summed E-state index contributed by atoms with van der Waals surface area (Å²) in [6.45, 7) is 0. The summed E-state index contributed by atoms with van der Waals surface area (Å²) in [5.74, 6) is 0. The van der Waals surface area contributed by atoms with Crippen LogP contribution in [-0.2, 0) is 10.0 Å². The van der Waals surface area contributed by atoms with Gasteiger partial charge in [0.2, 0.25) is 0 Å². The minimum Gasteiger partial charge on any atom is -0.398 e. The zero-order chi connectivity index (χ0) is 14.9. The highest BCUT2D eigenvalue weighted by Gasteiger charge is 2.18. The molecule has 0 heterocycles. The number of hydrogen-bond donors (Lipinski definition) is 2. The quantitative estimate of drug-likeness (QED) is 0.701. The van der Waals surface area contributed by atoms with E-state index in [9.17, 15) is 8.42 Å². The minimum absolute atomic E-state index is 0.00548. The van der Waals surface area contributed by atoms with Crippen molar-refractivity contribution in [3.8, 4) is 0 Å². The third-order valence-electron chi connectivity index (χ3n) is 2.44. The summed E-state index contributed by atoms with van der Waals surface area (Å²) in [7, 11) is -3.78. The zero-order valence-corrected chi connectivity index (χ0v) is 14.6. The summed E-state index contributed by atoms with van der Waals surface area (Å²) in [5.41, 5.74) is 6.24. The van der Waals surface area contributed by atoms with Crippen LogP contribution < -0.4 is 10.5 Å². The van der Waals surface area contributed by atoms with Crippen LogP contribution in [0.15, 0.2) is 50.2 Å². The van der Waals surface area contributed by atoms with E-state index in [-0.39, 0.29) is 10.6 Å². The smallest absolute Gasteiger partial charge is 0.263 e. The molecule has 3 N–H and O–H groups in total. The zero-order valence-electron chi connectivity index (χ0n) is 9.90. The number of nitrogen functional groups attached to an aromatic ring is 1. The Balaban J connectivity index is 2.40. The Kier molecular flexibility index (Phi) is 4.63. The van der Waals surface area contributed by atoms with E-state index in [1.54, 1.807) is 18.2 Å². The van der Waals surface area contributed by atoms with Crippen LogP contribution >= 0.6 is 43.5 Å². The molecule has 0 saturated carbocycles. The van der Waals surface area contributed by atoms with E-state index >= 15 is 0 Å². The van der Waals surface area contributed by atoms with Crippen molar-refractivity contribution in [3.05, 3.63) is 50.4 Å². The van der Waals surface area contributed by atoms with Gasteiger partial charge in [-0.25, -0.2) is 8.42 Å². The van der Waals surface area contributed by atoms with Crippen molar-refractivity contribution in [1.82, 2.24) is 0 Å². The number of hydrogen-bond acceptors (Lipinski definition) is 3. The molecule has 0 unspecified atom stereocenters. The Morgan fingerprint density at radius 3 is 2.45 bits per heavy atom. The van der Waals surface area contributed by atoms with Crippen LogP contribution in [0.1, 0.15) is 0 Å². The first-order chi connectivity index (χ1) is 9.29. The summed E-state index contributed by atoms with van der Waals surface area (Å²) in [5, 5.41) is 0.410. The molecule has 0 bridgehead atoms. The summed E-state index contributed by atoms with van der Waals surface area (Å²) in [6.07, 6.45) is 0. The molecule has 2 aromatic rings. The molecule has 20 heavy (non-hydrogen) atoms. The molecule has 8 heteroatoms. The number of sulfonamides is 1. The Morgan fingerprint density at radius 1 is 1.10 bits per heavy atom. The van der Waals surface area contributed by atoms with Crippen LogP contribution in [0.5, 0.6) is 0 Å². The monoisotopic (exact) mass is 438 g/mol. The number of halogens is 3. The van der Waals surface area contributed by atoms with Crippen molar-refractivity contribution in [2.75, 3.05) is 10.5 Å². The molecule has 0 radical (unpaired) electrons. The maximum absolute atomic E-state index is 12.3. The molecule has 0 spiro atoms. The van der Waals surface area contributed by atoms with Gasteiger partial charge in [0.25, 0.3) is 10.0 Å². The maximum atomic E-state index is 12.3. The molecule has 0 saturated heterocycles. The van der Waals surface area contributed by atoms with E-state index in [0.29, 0.717) is 19.7 Å². The third-order valence-corrected chi connectivity index (χ3v) is 5.60. The number of anilines is 2. The van der Waals surface area contributed by atoms with E-state index in [1.165, 1.54) is 18.2 Å². The maximum Gasteiger partial charge on any atom is 0.263 e. The molecule has 0 atom stereocenters. The van der Waals surface area contributed by atoms with Crippen molar-refractivity contribution in [2.45, 2.75) is 4.90 Å². The van der Waals surface area contributed by atoms with Gasteiger partial charge in [0.15, 0.2) is 0 Å². The molecule has 0 aliphatic heterocycles. The minimum atomic E-state index is -3.78. The van der Waals surface area contributed by atoms with Crippen LogP contribution in [0, 0.1) is 0 Å². The summed E-state index contributed by atoms with van der Waals surface area (Å²) in [6, 6.07) is 9.40. The van der Waals surface area contributed by atoms with Gasteiger partial charge in [-0.1, -0.05) is 27.5 Å². The normalized spacial score (nSPS) is 11.3. The molecule has 0 amide bonds. The Labute approximate surface area is 138 Å². The Hall–Kier alpha value is -0.760. The van der Waals surface area contributed by atoms with E-state index in [1.807, 2.05) is 0 Å². The van der Waals surface area contributed by atoms with Crippen LogP contribution in [0.3, 0.4) is 0 Å². The third kappa shape index (κ3) is 3.46. The largest absolute Gasteiger partial charge is 0.398 e. The standard InChI is InChI=1S/C12H9Br2ClN2O2S/c13-7-1-4-11(16)12(5-7)20(18,19)17-8-2-3-9(14)10(15)6-8/h1-6,17H,16H2. The van der Waals surface area contributed by atoms with Crippen molar-refractivity contribution < 1.29 is 8.42 Å². The number of rotatable bonds is 3. The molecule has 106 valence electrons. The van der Waals surface area contributed by atoms with Crippen LogP contribution in [0.4, 0.5) is 11.4 Å². The fourth-order valence-corrected chi connectivity index (χ4v) is 3.66. The molecule has 2 rings (SSSR count). The van der Waals surface area contributed by atoms with Crippen LogP contribution in [-0.4, -0.2) is 8.42 Å². The second-order valence-electron chi connectivity index (χ2n) is 3.92. The molecule has 0 fully saturated rings. The molecular weight excluding hydrogens is 431 g/mol. The number of nitrogens with two attached hydrogens (primary N) is 1. The topological polar surface area (TPSA) is 72.2 Å². The van der Waals surface area contributed by atoms with E-state index in [4.69, 9.17) is 17.3 Å². The Bertz CT molecular complexity index is 766. The first-order valence-electron chi connectivity index (χ1n) is 5.32. The van der Waals surface area contributed by atoms with Gasteiger partial charge in [-0.2, -0.15) is 0 Å². The van der Waals surface area contributed by atoms with Gasteiger partial charge in [0, 0.05) is 8.95 Å². The lowest BCUT2D eigenvalue weighted by Crippen LogP contribution is -2.14.